The van der Waals surface area contributed by atoms with Crippen LogP contribution in [0.1, 0.15) is 146 Å². The summed E-state index contributed by atoms with van der Waals surface area (Å²) in [5.74, 6) is 5.42. The third kappa shape index (κ3) is 21.3. The summed E-state index contributed by atoms with van der Waals surface area (Å²) in [5.41, 5.74) is 3.50. The number of aromatic nitrogens is 4. The maximum atomic E-state index is 12.9. The van der Waals surface area contributed by atoms with Gasteiger partial charge < -0.3 is 48.7 Å². The molecule has 4 fully saturated rings. The molecule has 3 unspecified atom stereocenters. The number of nitrogens with one attached hydrogen (secondary N) is 2. The van der Waals surface area contributed by atoms with Gasteiger partial charge in [0.05, 0.1) is 12.2 Å². The van der Waals surface area contributed by atoms with Crippen molar-refractivity contribution in [2.45, 2.75) is 147 Å². The Balaban J connectivity index is 0.000000231. The summed E-state index contributed by atoms with van der Waals surface area (Å²) in [5, 5.41) is 5.27. The van der Waals surface area contributed by atoms with E-state index in [-0.39, 0.29) is 68.2 Å². The summed E-state index contributed by atoms with van der Waals surface area (Å²) in [7, 11) is 0. The van der Waals surface area contributed by atoms with Gasteiger partial charge >= 0.3 is 29.8 Å². The Labute approximate surface area is 571 Å². The summed E-state index contributed by atoms with van der Waals surface area (Å²) in [6, 6.07) is 35.9. The minimum Gasteiger partial charge on any atom is -0.445 e. The van der Waals surface area contributed by atoms with Crippen LogP contribution in [0, 0.1) is 30.6 Å². The molecule has 0 bridgehead atoms. The lowest BCUT2D eigenvalue weighted by Gasteiger charge is -2.38. The molecule has 4 aromatic carbocycles. The fourth-order valence-electron chi connectivity index (χ4n) is 12.6. The minimum atomic E-state index is -0.845. The summed E-state index contributed by atoms with van der Waals surface area (Å²) in [6.45, 7) is 12.2. The number of terminal acetylenes is 2. The summed E-state index contributed by atoms with van der Waals surface area (Å²) >= 11 is 0. The lowest BCUT2D eigenvalue weighted by molar-refractivity contribution is -0.0384. The van der Waals surface area contributed by atoms with Crippen LogP contribution in [0.25, 0.3) is 0 Å². The Morgan fingerprint density at radius 1 is 0.602 bits per heavy atom. The van der Waals surface area contributed by atoms with E-state index in [4.69, 9.17) is 46.0 Å². The molecule has 98 heavy (non-hydrogen) atoms. The molecule has 6 aromatic rings. The predicted octanol–water partition coefficient (Wildman–Crippen LogP) is 11.2. The first-order valence-corrected chi connectivity index (χ1v) is 33.7. The van der Waals surface area contributed by atoms with E-state index in [0.29, 0.717) is 62.6 Å². The van der Waals surface area contributed by atoms with Crippen molar-refractivity contribution in [3.63, 3.8) is 0 Å². The van der Waals surface area contributed by atoms with E-state index in [0.717, 1.165) is 54.6 Å². The number of hydrogen-bond donors (Lipinski definition) is 2. The molecule has 23 heteroatoms. The van der Waals surface area contributed by atoms with E-state index in [2.05, 4.69) is 61.0 Å². The number of ether oxygens (including phenoxy) is 7. The third-order valence-corrected chi connectivity index (χ3v) is 17.7. The molecule has 5 heterocycles. The largest absolute Gasteiger partial charge is 0.508 e. The number of nitrogens with zero attached hydrogens (tertiary/aromatic N) is 7. The van der Waals surface area contributed by atoms with E-state index < -0.39 is 60.6 Å². The van der Waals surface area contributed by atoms with Crippen LogP contribution in [-0.2, 0) is 46.2 Å². The minimum absolute atomic E-state index is 0.0439. The number of benzene rings is 4. The van der Waals surface area contributed by atoms with E-state index in [1.165, 1.54) is 65.8 Å². The van der Waals surface area contributed by atoms with Gasteiger partial charge in [-0.2, -0.15) is 9.97 Å². The van der Waals surface area contributed by atoms with Crippen molar-refractivity contribution in [3.05, 3.63) is 201 Å². The van der Waals surface area contributed by atoms with Crippen LogP contribution in [-0.4, -0.2) is 147 Å². The molecule has 0 radical (unpaired) electrons. The number of likely N-dealkylation sites (tertiary alicyclic amines) is 1. The Hall–Kier alpha value is -9.91. The first-order chi connectivity index (χ1) is 47.7. The number of amides is 3. The van der Waals surface area contributed by atoms with Crippen molar-refractivity contribution in [1.82, 2.24) is 33.8 Å². The van der Waals surface area contributed by atoms with Gasteiger partial charge in [-0.1, -0.05) is 118 Å². The van der Waals surface area contributed by atoms with Gasteiger partial charge in [0, 0.05) is 99.3 Å². The van der Waals surface area contributed by atoms with Gasteiger partial charge in [0.25, 0.3) is 11.8 Å². The Morgan fingerprint density at radius 2 is 1.06 bits per heavy atom. The van der Waals surface area contributed by atoms with Crippen LogP contribution in [0.2, 0.25) is 0 Å². The Morgan fingerprint density at radius 3 is 1.50 bits per heavy atom. The fourth-order valence-corrected chi connectivity index (χ4v) is 12.6. The lowest BCUT2D eigenvalue weighted by Crippen LogP contribution is -2.50. The molecule has 516 valence electrons. The van der Waals surface area contributed by atoms with Crippen molar-refractivity contribution in [2.75, 3.05) is 63.2 Å². The maximum Gasteiger partial charge on any atom is 0.508 e. The second-order valence-electron chi connectivity index (χ2n) is 24.6. The molecule has 3 amide bonds. The second kappa shape index (κ2) is 37.0. The van der Waals surface area contributed by atoms with Crippen LogP contribution in [0.4, 0.5) is 26.0 Å². The van der Waals surface area contributed by atoms with Crippen LogP contribution < -0.4 is 22.0 Å². The van der Waals surface area contributed by atoms with E-state index in [1.807, 2.05) is 56.3 Å². The highest BCUT2D eigenvalue weighted by molar-refractivity contribution is 6.04. The Bertz CT molecular complexity index is 3810. The quantitative estimate of drug-likeness (QED) is 0.0221. The second-order valence-corrected chi connectivity index (χ2v) is 24.6. The van der Waals surface area contributed by atoms with Gasteiger partial charge in [-0.05, 0) is 123 Å². The van der Waals surface area contributed by atoms with E-state index in [1.54, 1.807) is 65.6 Å². The molecule has 7 atom stereocenters. The zero-order chi connectivity index (χ0) is 69.2. The normalized spacial score (nSPS) is 19.8. The third-order valence-electron chi connectivity index (χ3n) is 17.7. The molecule has 1 aliphatic carbocycles. The van der Waals surface area contributed by atoms with Gasteiger partial charge in [-0.25, -0.2) is 24.0 Å². The number of anilines is 2. The molecule has 23 nitrogen and oxygen atoms in total. The van der Waals surface area contributed by atoms with Crippen molar-refractivity contribution >= 4 is 41.9 Å². The molecule has 0 spiro atoms. The zero-order valence-corrected chi connectivity index (χ0v) is 55.7. The number of hydrogen-bond acceptors (Lipinski definition) is 18. The summed E-state index contributed by atoms with van der Waals surface area (Å²) in [6.07, 6.45) is 20.7. The smallest absolute Gasteiger partial charge is 0.445 e. The van der Waals surface area contributed by atoms with Gasteiger partial charge in [-0.15, -0.1) is 12.8 Å². The zero-order valence-electron chi connectivity index (χ0n) is 55.7. The maximum absolute atomic E-state index is 12.9. The lowest BCUT2D eigenvalue weighted by atomic mass is 9.89. The van der Waals surface area contributed by atoms with Crippen LogP contribution in [0.5, 0.6) is 0 Å². The van der Waals surface area contributed by atoms with Gasteiger partial charge in [0.2, 0.25) is 0 Å². The molecule has 2 N–H and O–H groups in total. The number of carbonyl (C=O) groups is 5. The number of rotatable bonds is 26. The van der Waals surface area contributed by atoms with Gasteiger partial charge in [0.1, 0.15) is 56.1 Å². The van der Waals surface area contributed by atoms with Gasteiger partial charge in [0.15, 0.2) is 0 Å². The fraction of sp³-hybridized carbons (Fsp3) is 0.427. The van der Waals surface area contributed by atoms with Crippen molar-refractivity contribution < 1.29 is 57.1 Å². The molecule has 4 aliphatic rings. The molecule has 1 saturated carbocycles. The van der Waals surface area contributed by atoms with E-state index >= 15 is 0 Å². The van der Waals surface area contributed by atoms with Crippen molar-refractivity contribution in [2.24, 2.45) is 5.92 Å². The predicted molar refractivity (Wildman–Crippen MR) is 368 cm³/mol. The number of piperidine rings is 1. The Kier molecular flexibility index (Phi) is 27.3. The summed E-state index contributed by atoms with van der Waals surface area (Å²) in [4.78, 5) is 104. The number of carbonyl (C=O) groups excluding carboxylic acids is 5. The monoisotopic (exact) mass is 1340 g/mol. The van der Waals surface area contributed by atoms with Crippen LogP contribution >= 0.6 is 0 Å². The average molecular weight is 1340 g/mol. The molecule has 10 rings (SSSR count). The SMILES string of the molecule is C#Cc1ccc(CN(CCOC(=O)OC2C[C@H](n3ccc(NC(=O)c4ccccc4)nc3=O)O[C@@H]2CC)CC2CCCCC2)cc1.C#Cc1ccc(CN(CCOC(=O)OC2C[C@H](n3ccc(NC(=O)c4ccccc4)nc3=O)O[C@@H]2CC)CC2CCCCN2C(=O)OCC=C)cc1. The highest BCUT2D eigenvalue weighted by atomic mass is 16.7. The highest BCUT2D eigenvalue weighted by Crippen LogP contribution is 2.34. The molecule has 3 saturated heterocycles. The first kappa shape index (κ1) is 72.4. The molecular weight excluding hydrogens is 1250 g/mol. The van der Waals surface area contributed by atoms with E-state index in [9.17, 15) is 33.6 Å². The first-order valence-electron chi connectivity index (χ1n) is 33.7. The summed E-state index contributed by atoms with van der Waals surface area (Å²) < 4.78 is 42.6. The highest BCUT2D eigenvalue weighted by Gasteiger charge is 2.40. The molecule has 3 aliphatic heterocycles. The average Bonchev–Trinajstić information content (AvgIpc) is 1.65. The van der Waals surface area contributed by atoms with Crippen molar-refractivity contribution in [3.8, 4) is 24.7 Å². The standard InChI is InChI=1S/C39H45N5O8.C36H42N4O6/c1-4-23-49-38(47)43-20-11-10-14-31(43)27-42(26-29-17-15-28(5-2)16-18-29)22-24-50-39(48)52-33-25-35(51-32(33)6-3)44-21-19-34(41-37(44)46)40-36(45)30-12-8-7-9-13-30;1-3-26-15-17-28(18-16-26)25-39(24-27-11-7-5-8-12-27)21-22-44-36(43)46-31-23-33(45-30(31)4-2)40-20-19-32(38-35(40)42)37-34(41)29-13-9-6-10-14-29/h2,4,7-9,12-13,15-19,21,31-33,35H,1,6,10-11,14,20,22-27H2,3H3,(H,40,41,45,46);1,6,9-10,13-20,27,30-31,33H,4-5,7-8,11-12,21-25H2,2H3,(H,37,38,41,42)/t31?,32-,33?,35-;30-,31?,33-/m11/s1. The van der Waals surface area contributed by atoms with Crippen LogP contribution in [0.15, 0.2) is 156 Å². The topological polar surface area (TPSA) is 254 Å². The molecule has 2 aromatic heterocycles. The molecular formula is C75H87N9O14. The van der Waals surface area contributed by atoms with Crippen molar-refractivity contribution in [1.29, 1.82) is 0 Å². The van der Waals surface area contributed by atoms with Gasteiger partial charge in [-0.3, -0.25) is 28.5 Å². The van der Waals surface area contributed by atoms with Crippen LogP contribution in [0.3, 0.4) is 0 Å².